The highest BCUT2D eigenvalue weighted by Gasteiger charge is 2.18. The van der Waals surface area contributed by atoms with E-state index in [4.69, 9.17) is 0 Å². The van der Waals surface area contributed by atoms with E-state index in [9.17, 15) is 4.79 Å². The molecule has 2 heteroatoms. The van der Waals surface area contributed by atoms with Gasteiger partial charge in [0.2, 0.25) is 0 Å². The van der Waals surface area contributed by atoms with Crippen LogP contribution in [0.4, 0.5) is 0 Å². The van der Waals surface area contributed by atoms with Crippen molar-refractivity contribution in [3.8, 4) is 11.1 Å². The van der Waals surface area contributed by atoms with Crippen LogP contribution in [-0.2, 0) is 6.54 Å². The molecular weight excluding hydrogens is 210 g/mol. The van der Waals surface area contributed by atoms with Gasteiger partial charge in [-0.1, -0.05) is 35.9 Å². The van der Waals surface area contributed by atoms with Crippen molar-refractivity contribution in [1.82, 2.24) is 5.32 Å². The topological polar surface area (TPSA) is 29.1 Å². The van der Waals surface area contributed by atoms with Crippen LogP contribution >= 0.6 is 0 Å². The highest BCUT2D eigenvalue weighted by Crippen LogP contribution is 2.25. The zero-order valence-corrected chi connectivity index (χ0v) is 9.66. The summed E-state index contributed by atoms with van der Waals surface area (Å²) in [5.74, 6) is 0.0375. The van der Waals surface area contributed by atoms with Gasteiger partial charge in [0.1, 0.15) is 0 Å². The standard InChI is InChI=1S/C15H13NO/c1-10-2-4-11(5-3-10)12-6-7-14-13(8-12)9-16-15(14)17/h2-8H,9H2,1H3,(H,16,17). The molecule has 0 spiro atoms. The molecule has 0 aromatic heterocycles. The molecule has 1 aliphatic rings. The summed E-state index contributed by atoms with van der Waals surface area (Å²) < 4.78 is 0. The smallest absolute Gasteiger partial charge is 0.251 e. The molecule has 2 aromatic carbocycles. The third-order valence-electron chi connectivity index (χ3n) is 3.17. The molecule has 0 saturated carbocycles. The van der Waals surface area contributed by atoms with Gasteiger partial charge < -0.3 is 5.32 Å². The SMILES string of the molecule is Cc1ccc(-c2ccc3c(c2)CNC3=O)cc1. The molecule has 1 aliphatic heterocycles. The fourth-order valence-electron chi connectivity index (χ4n) is 2.16. The quantitative estimate of drug-likeness (QED) is 0.791. The minimum Gasteiger partial charge on any atom is -0.348 e. The lowest BCUT2D eigenvalue weighted by molar-refractivity contribution is 0.0966. The van der Waals surface area contributed by atoms with E-state index in [1.807, 2.05) is 12.1 Å². The first-order valence-electron chi connectivity index (χ1n) is 5.72. The van der Waals surface area contributed by atoms with Crippen molar-refractivity contribution >= 4 is 5.91 Å². The van der Waals surface area contributed by atoms with Gasteiger partial charge >= 0.3 is 0 Å². The van der Waals surface area contributed by atoms with E-state index in [1.54, 1.807) is 0 Å². The van der Waals surface area contributed by atoms with Gasteiger partial charge in [-0.3, -0.25) is 4.79 Å². The normalized spacial score (nSPS) is 13.4. The summed E-state index contributed by atoms with van der Waals surface area (Å²) in [5, 5.41) is 2.83. The molecule has 0 aliphatic carbocycles. The maximum absolute atomic E-state index is 11.4. The molecule has 17 heavy (non-hydrogen) atoms. The molecule has 0 atom stereocenters. The predicted molar refractivity (Wildman–Crippen MR) is 67.8 cm³/mol. The van der Waals surface area contributed by atoms with Crippen molar-refractivity contribution in [3.05, 3.63) is 59.2 Å². The first-order chi connectivity index (χ1) is 8.24. The Balaban J connectivity index is 2.05. The Hall–Kier alpha value is -2.09. The van der Waals surface area contributed by atoms with Crippen LogP contribution in [-0.4, -0.2) is 5.91 Å². The number of fused-ring (bicyclic) bond motifs is 1. The van der Waals surface area contributed by atoms with E-state index in [0.29, 0.717) is 6.54 Å². The first kappa shape index (κ1) is 10.1. The second kappa shape index (κ2) is 3.74. The Morgan fingerprint density at radius 3 is 2.47 bits per heavy atom. The molecular formula is C15H13NO. The fourth-order valence-corrected chi connectivity index (χ4v) is 2.16. The first-order valence-corrected chi connectivity index (χ1v) is 5.72. The van der Waals surface area contributed by atoms with Gasteiger partial charge in [-0.2, -0.15) is 0 Å². The summed E-state index contributed by atoms with van der Waals surface area (Å²) in [6.45, 7) is 2.73. The van der Waals surface area contributed by atoms with E-state index in [1.165, 1.54) is 16.7 Å². The summed E-state index contributed by atoms with van der Waals surface area (Å²) in [6.07, 6.45) is 0. The number of hydrogen-bond donors (Lipinski definition) is 1. The lowest BCUT2D eigenvalue weighted by atomic mass is 10.00. The zero-order valence-electron chi connectivity index (χ0n) is 9.66. The van der Waals surface area contributed by atoms with Crippen LogP contribution in [0.25, 0.3) is 11.1 Å². The van der Waals surface area contributed by atoms with Crippen molar-refractivity contribution in [2.75, 3.05) is 0 Å². The monoisotopic (exact) mass is 223 g/mol. The number of amides is 1. The van der Waals surface area contributed by atoms with Crippen molar-refractivity contribution < 1.29 is 4.79 Å². The molecule has 0 saturated heterocycles. The molecule has 0 radical (unpaired) electrons. The van der Waals surface area contributed by atoms with Crippen LogP contribution in [0.5, 0.6) is 0 Å². The van der Waals surface area contributed by atoms with Gasteiger partial charge in [-0.05, 0) is 35.7 Å². The van der Waals surface area contributed by atoms with Crippen LogP contribution in [0.3, 0.4) is 0 Å². The molecule has 1 heterocycles. The van der Waals surface area contributed by atoms with E-state index in [-0.39, 0.29) is 5.91 Å². The van der Waals surface area contributed by atoms with E-state index in [0.717, 1.165) is 11.1 Å². The maximum atomic E-state index is 11.4. The Labute approximate surface area is 100 Å². The average Bonchev–Trinajstić information content (AvgIpc) is 2.72. The number of aryl methyl sites for hydroxylation is 1. The summed E-state index contributed by atoms with van der Waals surface area (Å²) in [6, 6.07) is 14.4. The van der Waals surface area contributed by atoms with E-state index >= 15 is 0 Å². The van der Waals surface area contributed by atoms with Crippen molar-refractivity contribution in [3.63, 3.8) is 0 Å². The molecule has 0 fully saturated rings. The largest absolute Gasteiger partial charge is 0.348 e. The van der Waals surface area contributed by atoms with E-state index < -0.39 is 0 Å². The summed E-state index contributed by atoms with van der Waals surface area (Å²) >= 11 is 0. The minimum absolute atomic E-state index is 0.0375. The number of carbonyl (C=O) groups excluding carboxylic acids is 1. The third-order valence-corrected chi connectivity index (χ3v) is 3.17. The van der Waals surface area contributed by atoms with Crippen LogP contribution in [0.2, 0.25) is 0 Å². The fraction of sp³-hybridized carbons (Fsp3) is 0.133. The van der Waals surface area contributed by atoms with Crippen LogP contribution in [0, 0.1) is 6.92 Å². The number of benzene rings is 2. The third kappa shape index (κ3) is 1.72. The Kier molecular flexibility index (Phi) is 2.22. The Morgan fingerprint density at radius 2 is 1.71 bits per heavy atom. The number of hydrogen-bond acceptors (Lipinski definition) is 1. The van der Waals surface area contributed by atoms with Gasteiger partial charge in [0, 0.05) is 12.1 Å². The molecule has 1 amide bonds. The Morgan fingerprint density at radius 1 is 1.00 bits per heavy atom. The molecule has 0 bridgehead atoms. The zero-order chi connectivity index (χ0) is 11.8. The average molecular weight is 223 g/mol. The highest BCUT2D eigenvalue weighted by atomic mass is 16.1. The van der Waals surface area contributed by atoms with Gasteiger partial charge in [0.05, 0.1) is 0 Å². The maximum Gasteiger partial charge on any atom is 0.251 e. The van der Waals surface area contributed by atoms with Gasteiger partial charge in [-0.25, -0.2) is 0 Å². The van der Waals surface area contributed by atoms with Crippen molar-refractivity contribution in [2.45, 2.75) is 13.5 Å². The van der Waals surface area contributed by atoms with Crippen LogP contribution in [0.15, 0.2) is 42.5 Å². The number of nitrogens with one attached hydrogen (secondary N) is 1. The number of rotatable bonds is 1. The van der Waals surface area contributed by atoms with Crippen LogP contribution in [0.1, 0.15) is 21.5 Å². The predicted octanol–water partition coefficient (Wildman–Crippen LogP) is 2.91. The summed E-state index contributed by atoms with van der Waals surface area (Å²) in [7, 11) is 0. The van der Waals surface area contributed by atoms with Gasteiger partial charge in [-0.15, -0.1) is 0 Å². The lowest BCUT2D eigenvalue weighted by Crippen LogP contribution is -2.12. The summed E-state index contributed by atoms with van der Waals surface area (Å²) in [4.78, 5) is 11.4. The molecule has 2 aromatic rings. The minimum atomic E-state index is 0.0375. The molecule has 3 rings (SSSR count). The number of carbonyl (C=O) groups is 1. The second-order valence-electron chi connectivity index (χ2n) is 4.42. The van der Waals surface area contributed by atoms with Gasteiger partial charge in [0.25, 0.3) is 5.91 Å². The van der Waals surface area contributed by atoms with E-state index in [2.05, 4.69) is 42.6 Å². The molecule has 84 valence electrons. The summed E-state index contributed by atoms with van der Waals surface area (Å²) in [5.41, 5.74) is 5.51. The second-order valence-corrected chi connectivity index (χ2v) is 4.42. The molecule has 1 N–H and O–H groups in total. The van der Waals surface area contributed by atoms with Crippen molar-refractivity contribution in [2.24, 2.45) is 0 Å². The van der Waals surface area contributed by atoms with Gasteiger partial charge in [0.15, 0.2) is 0 Å². The van der Waals surface area contributed by atoms with Crippen LogP contribution < -0.4 is 5.32 Å². The highest BCUT2D eigenvalue weighted by molar-refractivity contribution is 5.98. The lowest BCUT2D eigenvalue weighted by Gasteiger charge is -2.04. The Bertz CT molecular complexity index is 584. The molecule has 2 nitrogen and oxygen atoms in total. The van der Waals surface area contributed by atoms with Crippen molar-refractivity contribution in [1.29, 1.82) is 0 Å². The molecule has 0 unspecified atom stereocenters.